The Morgan fingerprint density at radius 2 is 1.93 bits per heavy atom. The van der Waals surface area contributed by atoms with Crippen molar-refractivity contribution >= 4 is 0 Å². The molecule has 0 fully saturated rings. The Labute approximate surface area is 96.5 Å². The summed E-state index contributed by atoms with van der Waals surface area (Å²) in [4.78, 5) is 0. The Morgan fingerprint density at radius 3 is 2.47 bits per heavy atom. The normalized spacial score (nSPS) is 12.2. The molecule has 88 valence electrons. The van der Waals surface area contributed by atoms with Crippen molar-refractivity contribution in [3.63, 3.8) is 0 Å². The Bertz CT molecular complexity index is 196. The Kier molecular flexibility index (Phi) is 8.46. The van der Waals surface area contributed by atoms with Crippen LogP contribution in [0.5, 0.6) is 0 Å². The van der Waals surface area contributed by atoms with Crippen LogP contribution in [0.3, 0.4) is 0 Å². The maximum Gasteiger partial charge on any atom is -0.0288 e. The number of hydrogen-bond donors (Lipinski definition) is 0. The van der Waals surface area contributed by atoms with E-state index in [1.807, 2.05) is 0 Å². The fraction of sp³-hybridized carbons (Fsp3) is 0.733. The summed E-state index contributed by atoms with van der Waals surface area (Å²) < 4.78 is 0. The molecule has 0 spiro atoms. The van der Waals surface area contributed by atoms with Gasteiger partial charge in [-0.2, -0.15) is 0 Å². The predicted molar refractivity (Wildman–Crippen MR) is 71.1 cm³/mol. The van der Waals surface area contributed by atoms with Crippen molar-refractivity contribution in [2.24, 2.45) is 5.92 Å². The summed E-state index contributed by atoms with van der Waals surface area (Å²) in [5, 5.41) is 0. The van der Waals surface area contributed by atoms with Crippen LogP contribution in [0.15, 0.2) is 23.8 Å². The van der Waals surface area contributed by atoms with Crippen LogP contribution >= 0.6 is 0 Å². The average molecular weight is 208 g/mol. The monoisotopic (exact) mass is 208 g/mol. The minimum atomic E-state index is 0.845. The van der Waals surface area contributed by atoms with Crippen LogP contribution in [-0.2, 0) is 0 Å². The molecule has 0 aromatic carbocycles. The van der Waals surface area contributed by atoms with E-state index in [0.717, 1.165) is 18.8 Å². The lowest BCUT2D eigenvalue weighted by atomic mass is 10.0. The Morgan fingerprint density at radius 1 is 1.27 bits per heavy atom. The third kappa shape index (κ3) is 9.78. The lowest BCUT2D eigenvalue weighted by Crippen LogP contribution is -1.87. The lowest BCUT2D eigenvalue weighted by Gasteiger charge is -2.05. The second-order valence-corrected chi connectivity index (χ2v) is 4.98. The molecule has 0 aliphatic rings. The summed E-state index contributed by atoms with van der Waals surface area (Å²) >= 11 is 0. The zero-order valence-corrected chi connectivity index (χ0v) is 11.1. The third-order valence-corrected chi connectivity index (χ3v) is 2.84. The van der Waals surface area contributed by atoms with Gasteiger partial charge in [0.2, 0.25) is 0 Å². The lowest BCUT2D eigenvalue weighted by molar-refractivity contribution is 0.554. The SMILES string of the molecule is C=C(CC)CC/C=C(\C)CCCC(C)C. The number of allylic oxidation sites excluding steroid dienone is 3. The zero-order valence-electron chi connectivity index (χ0n) is 11.1. The van der Waals surface area contributed by atoms with Crippen LogP contribution in [0.25, 0.3) is 0 Å². The van der Waals surface area contributed by atoms with Crippen molar-refractivity contribution in [1.82, 2.24) is 0 Å². The van der Waals surface area contributed by atoms with Crippen LogP contribution in [0.2, 0.25) is 0 Å². The largest absolute Gasteiger partial charge is 0.0999 e. The Hall–Kier alpha value is -0.520. The van der Waals surface area contributed by atoms with Crippen molar-refractivity contribution < 1.29 is 0 Å². The first-order valence-corrected chi connectivity index (χ1v) is 6.38. The van der Waals surface area contributed by atoms with Crippen molar-refractivity contribution in [3.8, 4) is 0 Å². The third-order valence-electron chi connectivity index (χ3n) is 2.84. The van der Waals surface area contributed by atoms with E-state index in [2.05, 4.69) is 40.3 Å². The number of rotatable bonds is 8. The minimum absolute atomic E-state index is 0.845. The Balaban J connectivity index is 3.56. The predicted octanol–water partition coefficient (Wildman–Crippen LogP) is 5.51. The first-order chi connectivity index (χ1) is 7.06. The van der Waals surface area contributed by atoms with Crippen LogP contribution in [0.4, 0.5) is 0 Å². The van der Waals surface area contributed by atoms with Gasteiger partial charge in [-0.15, -0.1) is 0 Å². The van der Waals surface area contributed by atoms with E-state index >= 15 is 0 Å². The van der Waals surface area contributed by atoms with E-state index in [1.54, 1.807) is 5.57 Å². The molecule has 0 rings (SSSR count). The quantitative estimate of drug-likeness (QED) is 0.462. The van der Waals surface area contributed by atoms with Gasteiger partial charge in [0, 0.05) is 0 Å². The van der Waals surface area contributed by atoms with Gasteiger partial charge < -0.3 is 0 Å². The molecule has 0 heteroatoms. The minimum Gasteiger partial charge on any atom is -0.0999 e. The van der Waals surface area contributed by atoms with Gasteiger partial charge in [-0.25, -0.2) is 0 Å². The van der Waals surface area contributed by atoms with Crippen LogP contribution < -0.4 is 0 Å². The molecule has 0 heterocycles. The van der Waals surface area contributed by atoms with Gasteiger partial charge in [0.05, 0.1) is 0 Å². The van der Waals surface area contributed by atoms with E-state index in [4.69, 9.17) is 0 Å². The smallest absolute Gasteiger partial charge is 0.0288 e. The van der Waals surface area contributed by atoms with Gasteiger partial charge in [0.15, 0.2) is 0 Å². The molecule has 0 aromatic rings. The van der Waals surface area contributed by atoms with E-state index in [-0.39, 0.29) is 0 Å². The summed E-state index contributed by atoms with van der Waals surface area (Å²) in [5.74, 6) is 0.845. The van der Waals surface area contributed by atoms with E-state index in [9.17, 15) is 0 Å². The summed E-state index contributed by atoms with van der Waals surface area (Å²) in [5.41, 5.74) is 2.93. The molecule has 0 aliphatic carbocycles. The van der Waals surface area contributed by atoms with Gasteiger partial charge >= 0.3 is 0 Å². The van der Waals surface area contributed by atoms with Gasteiger partial charge in [-0.3, -0.25) is 0 Å². The molecule has 0 amide bonds. The highest BCUT2D eigenvalue weighted by Gasteiger charge is 1.95. The van der Waals surface area contributed by atoms with Gasteiger partial charge in [-0.1, -0.05) is 51.0 Å². The first kappa shape index (κ1) is 14.5. The molecule has 0 aliphatic heterocycles. The fourth-order valence-electron chi connectivity index (χ4n) is 1.59. The van der Waals surface area contributed by atoms with Gasteiger partial charge in [-0.05, 0) is 44.9 Å². The molecule has 0 aromatic heterocycles. The van der Waals surface area contributed by atoms with Crippen molar-refractivity contribution in [1.29, 1.82) is 0 Å². The molecule has 0 nitrogen and oxygen atoms in total. The first-order valence-electron chi connectivity index (χ1n) is 6.38. The van der Waals surface area contributed by atoms with Gasteiger partial charge in [0.25, 0.3) is 0 Å². The van der Waals surface area contributed by atoms with Crippen LogP contribution in [0.1, 0.15) is 66.2 Å². The van der Waals surface area contributed by atoms with Crippen LogP contribution in [-0.4, -0.2) is 0 Å². The highest BCUT2D eigenvalue weighted by molar-refractivity contribution is 5.01. The fourth-order valence-corrected chi connectivity index (χ4v) is 1.59. The van der Waals surface area contributed by atoms with Crippen molar-refractivity contribution in [2.75, 3.05) is 0 Å². The molecule has 0 N–H and O–H groups in total. The van der Waals surface area contributed by atoms with Crippen molar-refractivity contribution in [3.05, 3.63) is 23.8 Å². The highest BCUT2D eigenvalue weighted by atomic mass is 14.0. The maximum atomic E-state index is 4.03. The molecule has 0 atom stereocenters. The molecular formula is C15H28. The second-order valence-electron chi connectivity index (χ2n) is 4.98. The molecule has 0 radical (unpaired) electrons. The number of hydrogen-bond acceptors (Lipinski definition) is 0. The molecule has 15 heavy (non-hydrogen) atoms. The zero-order chi connectivity index (χ0) is 11.7. The standard InChI is InChI=1S/C15H28/c1-6-14(4)10-8-12-15(5)11-7-9-13(2)3/h12-13H,4,6-11H2,1-3,5H3/b15-12+. The molecule has 0 unspecified atom stereocenters. The van der Waals surface area contributed by atoms with Gasteiger partial charge in [0.1, 0.15) is 0 Å². The van der Waals surface area contributed by atoms with E-state index < -0.39 is 0 Å². The van der Waals surface area contributed by atoms with Crippen molar-refractivity contribution in [2.45, 2.75) is 66.2 Å². The molecule has 0 saturated heterocycles. The summed E-state index contributed by atoms with van der Waals surface area (Å²) in [6, 6.07) is 0. The average Bonchev–Trinajstić information content (AvgIpc) is 2.17. The van der Waals surface area contributed by atoms with E-state index in [0.29, 0.717) is 0 Å². The molecule has 0 bridgehead atoms. The van der Waals surface area contributed by atoms with Crippen LogP contribution in [0, 0.1) is 5.92 Å². The second kappa shape index (κ2) is 8.76. The molecule has 0 saturated carbocycles. The summed E-state index contributed by atoms with van der Waals surface area (Å²) in [6.45, 7) is 13.1. The maximum absolute atomic E-state index is 4.03. The highest BCUT2D eigenvalue weighted by Crippen LogP contribution is 2.14. The molecular weight excluding hydrogens is 180 g/mol. The topological polar surface area (TPSA) is 0 Å². The summed E-state index contributed by atoms with van der Waals surface area (Å²) in [6.07, 6.45) is 9.83. The summed E-state index contributed by atoms with van der Waals surface area (Å²) in [7, 11) is 0. The van der Waals surface area contributed by atoms with E-state index in [1.165, 1.54) is 31.3 Å².